The van der Waals surface area contributed by atoms with Crippen LogP contribution in [0, 0.1) is 13.1 Å². The highest BCUT2D eigenvalue weighted by Crippen LogP contribution is 2.10. The van der Waals surface area contributed by atoms with Crippen LogP contribution < -0.4 is 0 Å². The lowest BCUT2D eigenvalue weighted by Gasteiger charge is -1.82. The zero-order valence-corrected chi connectivity index (χ0v) is 6.40. The first-order chi connectivity index (χ1) is 4.24. The Balaban J connectivity index is 3.01. The molecule has 0 bridgehead atoms. The minimum absolute atomic E-state index is 0.532. The molecule has 0 aliphatic carbocycles. The quantitative estimate of drug-likeness (QED) is 0.639. The van der Waals surface area contributed by atoms with E-state index in [0.29, 0.717) is 16.8 Å². The number of hydrogen-bond donors (Lipinski definition) is 0. The number of aromatic nitrogens is 1. The maximum atomic E-state index is 12.1. The molecule has 2 nitrogen and oxygen atoms in total. The van der Waals surface area contributed by atoms with E-state index in [0.717, 1.165) is 0 Å². The Morgan fingerprint density at radius 3 is 2.67 bits per heavy atom. The third-order valence-corrected chi connectivity index (χ3v) is 1.52. The van der Waals surface area contributed by atoms with Crippen molar-refractivity contribution in [3.05, 3.63) is 17.6 Å². The number of nitrogens with zero attached hydrogens (tertiary/aromatic N) is 1. The Morgan fingerprint density at radius 1 is 1.78 bits per heavy atom. The second-order valence-electron chi connectivity index (χ2n) is 1.60. The molecular formula is C5H5BrFNO. The van der Waals surface area contributed by atoms with E-state index in [1.807, 2.05) is 0 Å². The van der Waals surface area contributed by atoms with Crippen molar-refractivity contribution in [1.82, 2.24) is 4.98 Å². The fourth-order valence-corrected chi connectivity index (χ4v) is 1.04. The van der Waals surface area contributed by atoms with E-state index in [-0.39, 0.29) is 0 Å². The van der Waals surface area contributed by atoms with Crippen LogP contribution in [0.4, 0.5) is 4.39 Å². The standard InChI is InChI=1S/C5H5BrFNO/c1-3-4(2-6)8-5(7)9-3/h2H2,1H3. The molecule has 1 aromatic heterocycles. The number of aryl methyl sites for hydroxylation is 1. The van der Waals surface area contributed by atoms with E-state index in [4.69, 9.17) is 0 Å². The highest BCUT2D eigenvalue weighted by molar-refractivity contribution is 9.08. The molecule has 0 fully saturated rings. The second kappa shape index (κ2) is 2.47. The molecule has 0 radical (unpaired) electrons. The molecule has 0 saturated carbocycles. The zero-order chi connectivity index (χ0) is 6.85. The van der Waals surface area contributed by atoms with Gasteiger partial charge < -0.3 is 4.42 Å². The van der Waals surface area contributed by atoms with Crippen LogP contribution >= 0.6 is 15.9 Å². The monoisotopic (exact) mass is 193 g/mol. The van der Waals surface area contributed by atoms with Gasteiger partial charge in [-0.3, -0.25) is 0 Å². The van der Waals surface area contributed by atoms with E-state index in [9.17, 15) is 4.39 Å². The molecule has 0 aliphatic heterocycles. The van der Waals surface area contributed by atoms with Gasteiger partial charge in [-0.1, -0.05) is 15.9 Å². The largest absolute Gasteiger partial charge is 0.420 e. The lowest BCUT2D eigenvalue weighted by molar-refractivity contribution is 0.325. The van der Waals surface area contributed by atoms with E-state index >= 15 is 0 Å². The average Bonchev–Trinajstić information content (AvgIpc) is 2.10. The summed E-state index contributed by atoms with van der Waals surface area (Å²) < 4.78 is 16.6. The lowest BCUT2D eigenvalue weighted by Crippen LogP contribution is -1.78. The number of alkyl halides is 1. The van der Waals surface area contributed by atoms with Gasteiger partial charge in [0.15, 0.2) is 0 Å². The van der Waals surface area contributed by atoms with Crippen molar-refractivity contribution in [2.45, 2.75) is 12.3 Å². The first kappa shape index (κ1) is 6.74. The molecule has 0 amide bonds. The van der Waals surface area contributed by atoms with Crippen molar-refractivity contribution in [3.8, 4) is 0 Å². The Kier molecular flexibility index (Phi) is 1.85. The molecule has 0 aromatic carbocycles. The van der Waals surface area contributed by atoms with Crippen molar-refractivity contribution >= 4 is 15.9 Å². The van der Waals surface area contributed by atoms with E-state index in [1.165, 1.54) is 0 Å². The SMILES string of the molecule is Cc1oc(F)nc1CBr. The first-order valence-corrected chi connectivity index (χ1v) is 3.54. The molecule has 4 heteroatoms. The summed E-state index contributed by atoms with van der Waals surface area (Å²) in [6.07, 6.45) is -0.762. The Labute approximate surface area is 60.2 Å². The molecule has 0 atom stereocenters. The lowest BCUT2D eigenvalue weighted by atomic mass is 10.4. The molecular weight excluding hydrogens is 189 g/mol. The molecule has 0 N–H and O–H groups in total. The summed E-state index contributed by atoms with van der Waals surface area (Å²) in [5.41, 5.74) is 0.618. The van der Waals surface area contributed by atoms with Crippen LogP contribution in [-0.2, 0) is 5.33 Å². The number of oxazole rings is 1. The van der Waals surface area contributed by atoms with Gasteiger partial charge in [0.1, 0.15) is 5.76 Å². The number of rotatable bonds is 1. The molecule has 0 aliphatic rings. The van der Waals surface area contributed by atoms with Crippen molar-refractivity contribution in [2.24, 2.45) is 0 Å². The smallest absolute Gasteiger partial charge is 0.381 e. The minimum Gasteiger partial charge on any atom is -0.420 e. The molecule has 1 aromatic rings. The summed E-state index contributed by atoms with van der Waals surface area (Å²) in [6.45, 7) is 1.67. The zero-order valence-electron chi connectivity index (χ0n) is 4.82. The van der Waals surface area contributed by atoms with Crippen molar-refractivity contribution in [3.63, 3.8) is 0 Å². The summed E-state index contributed by atoms with van der Waals surface area (Å²) in [7, 11) is 0. The van der Waals surface area contributed by atoms with Crippen LogP contribution in [0.1, 0.15) is 11.5 Å². The van der Waals surface area contributed by atoms with Crippen LogP contribution in [0.3, 0.4) is 0 Å². The first-order valence-electron chi connectivity index (χ1n) is 2.42. The molecule has 1 rings (SSSR count). The van der Waals surface area contributed by atoms with Gasteiger partial charge in [0.25, 0.3) is 0 Å². The van der Waals surface area contributed by atoms with Crippen LogP contribution in [0.15, 0.2) is 4.42 Å². The van der Waals surface area contributed by atoms with E-state index in [1.54, 1.807) is 6.92 Å². The highest BCUT2D eigenvalue weighted by Gasteiger charge is 2.05. The van der Waals surface area contributed by atoms with Gasteiger partial charge in [-0.15, -0.1) is 4.39 Å². The van der Waals surface area contributed by atoms with Gasteiger partial charge >= 0.3 is 6.14 Å². The van der Waals surface area contributed by atoms with Crippen LogP contribution in [-0.4, -0.2) is 4.98 Å². The third-order valence-electron chi connectivity index (χ3n) is 0.993. The van der Waals surface area contributed by atoms with Crippen molar-refractivity contribution in [2.75, 3.05) is 0 Å². The van der Waals surface area contributed by atoms with Crippen molar-refractivity contribution in [1.29, 1.82) is 0 Å². The highest BCUT2D eigenvalue weighted by atomic mass is 79.9. The fraction of sp³-hybridized carbons (Fsp3) is 0.400. The average molecular weight is 194 g/mol. The van der Waals surface area contributed by atoms with Gasteiger partial charge in [0.05, 0.1) is 5.69 Å². The molecule has 0 unspecified atom stereocenters. The summed E-state index contributed by atoms with van der Waals surface area (Å²) >= 11 is 3.13. The topological polar surface area (TPSA) is 26.0 Å². The maximum Gasteiger partial charge on any atom is 0.381 e. The van der Waals surface area contributed by atoms with Gasteiger partial charge in [-0.25, -0.2) is 0 Å². The Morgan fingerprint density at radius 2 is 2.44 bits per heavy atom. The van der Waals surface area contributed by atoms with E-state index < -0.39 is 6.14 Å². The number of hydrogen-bond acceptors (Lipinski definition) is 2. The summed E-state index contributed by atoms with van der Waals surface area (Å²) in [4.78, 5) is 3.45. The van der Waals surface area contributed by atoms with Crippen LogP contribution in [0.25, 0.3) is 0 Å². The molecule has 1 heterocycles. The normalized spacial score (nSPS) is 10.1. The Bertz CT molecular complexity index is 211. The number of halogens is 2. The van der Waals surface area contributed by atoms with E-state index in [2.05, 4.69) is 25.3 Å². The van der Waals surface area contributed by atoms with Gasteiger partial charge in [0, 0.05) is 5.33 Å². The van der Waals surface area contributed by atoms with Crippen LogP contribution in [0.5, 0.6) is 0 Å². The minimum atomic E-state index is -0.762. The Hall–Kier alpha value is -0.380. The second-order valence-corrected chi connectivity index (χ2v) is 2.16. The van der Waals surface area contributed by atoms with Gasteiger partial charge in [-0.05, 0) is 6.92 Å². The summed E-state index contributed by atoms with van der Waals surface area (Å²) in [5.74, 6) is 0.532. The fourth-order valence-electron chi connectivity index (χ4n) is 0.517. The predicted molar refractivity (Wildman–Crippen MR) is 33.8 cm³/mol. The van der Waals surface area contributed by atoms with Gasteiger partial charge in [0.2, 0.25) is 0 Å². The molecule has 0 saturated heterocycles. The van der Waals surface area contributed by atoms with Crippen LogP contribution in [0.2, 0.25) is 0 Å². The van der Waals surface area contributed by atoms with Gasteiger partial charge in [-0.2, -0.15) is 4.98 Å². The molecule has 50 valence electrons. The van der Waals surface area contributed by atoms with Crippen molar-refractivity contribution < 1.29 is 8.81 Å². The summed E-state index contributed by atoms with van der Waals surface area (Å²) in [6, 6.07) is 0. The maximum absolute atomic E-state index is 12.1. The third kappa shape index (κ3) is 1.30. The summed E-state index contributed by atoms with van der Waals surface area (Å²) in [5, 5.41) is 0.534. The molecule has 9 heavy (non-hydrogen) atoms. The predicted octanol–water partition coefficient (Wildman–Crippen LogP) is 2.02. The molecule has 0 spiro atoms.